The zero-order valence-electron chi connectivity index (χ0n) is 35.2. The number of benzene rings is 2. The van der Waals surface area contributed by atoms with E-state index in [0.717, 1.165) is 30.8 Å². The fourth-order valence-corrected chi connectivity index (χ4v) is 7.84. The van der Waals surface area contributed by atoms with Crippen molar-refractivity contribution in [3.05, 3.63) is 59.7 Å². The molecular weight excluding hydrogens is 700 g/mol. The molecule has 0 bridgehead atoms. The van der Waals surface area contributed by atoms with Gasteiger partial charge in [0.25, 0.3) is 0 Å². The molecule has 1 saturated heterocycles. The second kappa shape index (κ2) is 20.4. The van der Waals surface area contributed by atoms with Gasteiger partial charge in [-0.3, -0.25) is 24.5 Å². The van der Waals surface area contributed by atoms with Crippen LogP contribution < -0.4 is 14.8 Å². The Hall–Kier alpha value is -4.47. The molecule has 0 aliphatic carbocycles. The number of methoxy groups -OCH3 is 2. The van der Waals surface area contributed by atoms with Crippen molar-refractivity contribution in [2.75, 3.05) is 68.7 Å². The number of nitrogens with zero attached hydrogens (tertiary/aromatic N) is 3. The maximum Gasteiger partial charge on any atom is 0.320 e. The van der Waals surface area contributed by atoms with E-state index in [1.807, 2.05) is 83.3 Å². The van der Waals surface area contributed by atoms with Crippen LogP contribution in [0.2, 0.25) is 0 Å². The van der Waals surface area contributed by atoms with E-state index in [-0.39, 0.29) is 25.0 Å². The number of amides is 2. The van der Waals surface area contributed by atoms with Crippen LogP contribution in [0.5, 0.6) is 11.5 Å². The zero-order chi connectivity index (χ0) is 41.6. The van der Waals surface area contributed by atoms with E-state index in [1.165, 1.54) is 0 Å². The Bertz CT molecular complexity index is 1630. The molecule has 0 radical (unpaired) electrons. The molecule has 12 nitrogen and oxygen atoms in total. The maximum atomic E-state index is 13.0. The molecule has 1 aliphatic heterocycles. The summed E-state index contributed by atoms with van der Waals surface area (Å²) >= 11 is 0. The van der Waals surface area contributed by atoms with Crippen LogP contribution >= 0.6 is 0 Å². The number of carbonyl (C=O) groups is 4. The van der Waals surface area contributed by atoms with E-state index in [1.54, 1.807) is 54.0 Å². The summed E-state index contributed by atoms with van der Waals surface area (Å²) in [6.07, 6.45) is 3.02. The van der Waals surface area contributed by atoms with E-state index in [9.17, 15) is 24.4 Å². The van der Waals surface area contributed by atoms with Gasteiger partial charge in [0.05, 0.1) is 44.3 Å². The third-order valence-corrected chi connectivity index (χ3v) is 10.9. The van der Waals surface area contributed by atoms with Gasteiger partial charge >= 0.3 is 11.9 Å². The highest BCUT2D eigenvalue weighted by Crippen LogP contribution is 2.52. The van der Waals surface area contributed by atoms with E-state index in [0.29, 0.717) is 37.0 Å². The summed E-state index contributed by atoms with van der Waals surface area (Å²) in [6.45, 7) is 12.8. The Kier molecular flexibility index (Phi) is 17.4. The summed E-state index contributed by atoms with van der Waals surface area (Å²) in [5.74, 6) is -1.68. The molecule has 304 valence electrons. The normalized spacial score (nSPS) is 17.7. The number of carbonyl (C=O) groups excluding carboxylic acids is 4. The van der Waals surface area contributed by atoms with Crippen LogP contribution in [0.3, 0.4) is 0 Å². The van der Waals surface area contributed by atoms with Crippen LogP contribution in [0, 0.1) is 28.1 Å². The number of imide groups is 1. The molecule has 2 atom stereocenters. The number of hydrogen-bond donors (Lipinski definition) is 1. The second-order valence-corrected chi connectivity index (χ2v) is 15.8. The Morgan fingerprint density at radius 3 is 1.89 bits per heavy atom. The first-order valence-electron chi connectivity index (χ1n) is 19.0. The average molecular weight is 765 g/mol. The van der Waals surface area contributed by atoms with Crippen LogP contribution in [-0.4, -0.2) is 102 Å². The third-order valence-electron chi connectivity index (χ3n) is 10.9. The first-order valence-corrected chi connectivity index (χ1v) is 19.0. The molecular formula is C43H64N4O8. The lowest BCUT2D eigenvalue weighted by Crippen LogP contribution is -2.61. The summed E-state index contributed by atoms with van der Waals surface area (Å²) in [6, 6.07) is 17.4. The van der Waals surface area contributed by atoms with Gasteiger partial charge in [-0.25, -0.2) is 0 Å². The summed E-state index contributed by atoms with van der Waals surface area (Å²) in [5.41, 5.74) is -1.90. The highest BCUT2D eigenvalue weighted by molar-refractivity contribution is 6.04. The van der Waals surface area contributed by atoms with Gasteiger partial charge in [0.15, 0.2) is 5.92 Å². The summed E-state index contributed by atoms with van der Waals surface area (Å²) < 4.78 is 21.2. The number of piperidine rings is 1. The van der Waals surface area contributed by atoms with Gasteiger partial charge in [-0.2, -0.15) is 5.26 Å². The van der Waals surface area contributed by atoms with Gasteiger partial charge in [0.1, 0.15) is 11.5 Å². The summed E-state index contributed by atoms with van der Waals surface area (Å²) in [5, 5.41) is 13.1. The van der Waals surface area contributed by atoms with Crippen molar-refractivity contribution in [1.82, 2.24) is 15.1 Å². The Morgan fingerprint density at radius 1 is 0.873 bits per heavy atom. The molecule has 0 aromatic heterocycles. The van der Waals surface area contributed by atoms with Crippen molar-refractivity contribution < 1.29 is 38.1 Å². The Labute approximate surface area is 328 Å². The van der Waals surface area contributed by atoms with Crippen molar-refractivity contribution in [3.63, 3.8) is 0 Å². The number of rotatable bonds is 18. The minimum absolute atomic E-state index is 0.129. The van der Waals surface area contributed by atoms with Crippen LogP contribution in [0.15, 0.2) is 48.5 Å². The maximum absolute atomic E-state index is 13.0. The molecule has 3 rings (SSSR count). The van der Waals surface area contributed by atoms with Crippen LogP contribution in [0.4, 0.5) is 0 Å². The number of nitriles is 1. The fourth-order valence-electron chi connectivity index (χ4n) is 7.84. The van der Waals surface area contributed by atoms with E-state index in [2.05, 4.69) is 16.3 Å². The zero-order valence-corrected chi connectivity index (χ0v) is 35.2. The van der Waals surface area contributed by atoms with Gasteiger partial charge in [-0.1, -0.05) is 52.0 Å². The lowest BCUT2D eigenvalue weighted by molar-refractivity contribution is -0.169. The topological polar surface area (TPSA) is 148 Å². The van der Waals surface area contributed by atoms with Gasteiger partial charge in [-0.15, -0.1) is 0 Å². The van der Waals surface area contributed by atoms with Crippen LogP contribution in [0.1, 0.15) is 84.8 Å². The van der Waals surface area contributed by atoms with E-state index < -0.39 is 39.5 Å². The monoisotopic (exact) mass is 764 g/mol. The molecule has 12 heteroatoms. The van der Waals surface area contributed by atoms with Crippen molar-refractivity contribution in [2.24, 2.45) is 16.7 Å². The highest BCUT2D eigenvalue weighted by atomic mass is 16.6. The summed E-state index contributed by atoms with van der Waals surface area (Å²) in [4.78, 5) is 55.0. The highest BCUT2D eigenvalue weighted by Gasteiger charge is 2.58. The lowest BCUT2D eigenvalue weighted by atomic mass is 9.55. The molecule has 2 aromatic carbocycles. The largest absolute Gasteiger partial charge is 0.497 e. The molecule has 0 saturated carbocycles. The van der Waals surface area contributed by atoms with Gasteiger partial charge < -0.3 is 28.7 Å². The smallest absolute Gasteiger partial charge is 0.320 e. The van der Waals surface area contributed by atoms with Crippen molar-refractivity contribution >= 4 is 23.8 Å². The lowest BCUT2D eigenvalue weighted by Gasteiger charge is -2.48. The van der Waals surface area contributed by atoms with E-state index in [4.69, 9.17) is 18.9 Å². The number of ether oxygens (including phenoxy) is 4. The fraction of sp³-hybridized carbons (Fsp3) is 0.605. The Morgan fingerprint density at radius 2 is 1.40 bits per heavy atom. The Balaban J connectivity index is 0.000000392. The van der Waals surface area contributed by atoms with Crippen LogP contribution in [-0.2, 0) is 39.5 Å². The first-order chi connectivity index (χ1) is 25.8. The predicted molar refractivity (Wildman–Crippen MR) is 213 cm³/mol. The van der Waals surface area contributed by atoms with Crippen molar-refractivity contribution in [3.8, 4) is 17.6 Å². The minimum Gasteiger partial charge on any atom is -0.497 e. The summed E-state index contributed by atoms with van der Waals surface area (Å²) in [7, 11) is 11.1. The van der Waals surface area contributed by atoms with E-state index >= 15 is 0 Å². The molecule has 1 aliphatic rings. The molecule has 1 heterocycles. The quantitative estimate of drug-likeness (QED) is 0.110. The number of nitrogens with one attached hydrogen (secondary N) is 1. The molecule has 0 spiro atoms. The molecule has 2 unspecified atom stereocenters. The van der Waals surface area contributed by atoms with Gasteiger partial charge in [0, 0.05) is 11.8 Å². The number of hydrogen-bond acceptors (Lipinski definition) is 11. The second-order valence-electron chi connectivity index (χ2n) is 15.8. The first kappa shape index (κ1) is 46.7. The molecule has 2 aromatic rings. The molecule has 1 N–H and O–H groups in total. The third kappa shape index (κ3) is 10.9. The molecule has 2 amide bonds. The number of esters is 2. The molecule has 55 heavy (non-hydrogen) atoms. The van der Waals surface area contributed by atoms with Gasteiger partial charge in [0.2, 0.25) is 11.8 Å². The predicted octanol–water partition coefficient (Wildman–Crippen LogP) is 5.91. The average Bonchev–Trinajstić information content (AvgIpc) is 3.11. The van der Waals surface area contributed by atoms with Crippen molar-refractivity contribution in [2.45, 2.75) is 84.5 Å². The standard InChI is InChI=1S/C24H36N2O5.C19H28N2O3/c1-8-30-21(27)20(22(28)31-9-2)23(3,4)24(17-25,14-11-15-26(5)6)18-12-10-13-19(16-18)29-7;1-18(2)13-16(22)20-17(23)19(18,10-7-11-21(3)4)14-8-6-9-15(12-14)24-5/h10,12-13,16,20H,8-9,11,14-15H2,1-7H3;6,8-9,12H,7,10-11,13H2,1-5H3,(H,20,22,23). The SMILES string of the molecule is CCOC(=O)C(C(=O)OCC)C(C)(C)C(C#N)(CCCN(C)C)c1cccc(OC)c1.COc1cccc(C2(CCCN(C)C)C(=O)NC(=O)CC2(C)C)c1. The molecule has 1 fully saturated rings. The van der Waals surface area contributed by atoms with Crippen LogP contribution in [0.25, 0.3) is 0 Å². The minimum atomic E-state index is -1.25. The van der Waals surface area contributed by atoms with Gasteiger partial charge in [-0.05, 0) is 122 Å². The van der Waals surface area contributed by atoms with Crippen molar-refractivity contribution in [1.29, 1.82) is 5.26 Å².